The summed E-state index contributed by atoms with van der Waals surface area (Å²) in [6.45, 7) is 2.43. The van der Waals surface area contributed by atoms with E-state index in [1.54, 1.807) is 13.2 Å². The summed E-state index contributed by atoms with van der Waals surface area (Å²) in [6, 6.07) is 13.2. The molecule has 0 N–H and O–H groups in total. The number of oxime groups is 1. The molecule has 128 valence electrons. The molecule has 0 bridgehead atoms. The van der Waals surface area contributed by atoms with Gasteiger partial charge in [0.05, 0.1) is 22.9 Å². The van der Waals surface area contributed by atoms with Gasteiger partial charge in [0, 0.05) is 5.56 Å². The van der Waals surface area contributed by atoms with Gasteiger partial charge in [-0.2, -0.15) is 0 Å². The molecular weight excluding hydrogens is 433 g/mol. The predicted molar refractivity (Wildman–Crippen MR) is 104 cm³/mol. The summed E-state index contributed by atoms with van der Waals surface area (Å²) in [5.74, 6) is 0.839. The summed E-state index contributed by atoms with van der Waals surface area (Å²) in [7, 11) is 1.60. The Morgan fingerprint density at radius 2 is 2.00 bits per heavy atom. The fourth-order valence-corrected chi connectivity index (χ4v) is 3.36. The van der Waals surface area contributed by atoms with Gasteiger partial charge in [0.2, 0.25) is 0 Å². The molecule has 0 saturated carbocycles. The summed E-state index contributed by atoms with van der Waals surface area (Å²) >= 11 is 2.18. The normalized spacial score (nSPS) is 15.1. The molecule has 0 saturated heterocycles. The van der Waals surface area contributed by atoms with Crippen molar-refractivity contribution in [2.24, 2.45) is 5.16 Å². The molecule has 1 heterocycles. The maximum Gasteiger partial charge on any atom is 0.368 e. The molecule has 1 aliphatic heterocycles. The number of methoxy groups -OCH3 is 1. The lowest BCUT2D eigenvalue weighted by Gasteiger charge is -2.12. The van der Waals surface area contributed by atoms with E-state index in [0.29, 0.717) is 29.4 Å². The number of hydrogen-bond donors (Lipinski definition) is 0. The molecule has 0 aliphatic carbocycles. The third kappa shape index (κ3) is 3.68. The molecule has 3 rings (SSSR count). The van der Waals surface area contributed by atoms with Crippen molar-refractivity contribution >= 4 is 40.3 Å². The van der Waals surface area contributed by atoms with Gasteiger partial charge in [-0.25, -0.2) is 4.79 Å². The first-order chi connectivity index (χ1) is 12.1. The van der Waals surface area contributed by atoms with Crippen LogP contribution in [-0.4, -0.2) is 25.4 Å². The quantitative estimate of drug-likeness (QED) is 0.393. The molecule has 2 aromatic carbocycles. The second-order valence-corrected chi connectivity index (χ2v) is 6.37. The van der Waals surface area contributed by atoms with E-state index in [-0.39, 0.29) is 0 Å². The number of hydrogen-bond acceptors (Lipinski definition) is 5. The Kier molecular flexibility index (Phi) is 5.37. The van der Waals surface area contributed by atoms with Gasteiger partial charge < -0.3 is 14.3 Å². The molecule has 2 aromatic rings. The second kappa shape index (κ2) is 7.69. The van der Waals surface area contributed by atoms with Gasteiger partial charge in [-0.1, -0.05) is 35.5 Å². The lowest BCUT2D eigenvalue weighted by atomic mass is 10.0. The van der Waals surface area contributed by atoms with Crippen molar-refractivity contribution in [3.63, 3.8) is 0 Å². The molecule has 0 amide bonds. The van der Waals surface area contributed by atoms with Crippen LogP contribution in [0.5, 0.6) is 11.5 Å². The molecule has 6 heteroatoms. The first kappa shape index (κ1) is 17.5. The Bertz CT molecular complexity index is 859. The minimum Gasteiger partial charge on any atom is -0.492 e. The molecule has 0 fully saturated rings. The standard InChI is InChI=1S/C19H16INO4/c1-3-24-16-11-12(10-15(20)18(16)23-2)9-14-17(21-25-19(14)22)13-7-5-4-6-8-13/h4-11H,3H2,1-2H3/b14-9-. The molecule has 0 radical (unpaired) electrons. The van der Waals surface area contributed by atoms with Gasteiger partial charge in [-0.05, 0) is 53.3 Å². The first-order valence-electron chi connectivity index (χ1n) is 7.71. The van der Waals surface area contributed by atoms with Crippen molar-refractivity contribution in [1.82, 2.24) is 0 Å². The van der Waals surface area contributed by atoms with Crippen LogP contribution in [0.1, 0.15) is 18.1 Å². The zero-order valence-electron chi connectivity index (χ0n) is 13.8. The van der Waals surface area contributed by atoms with E-state index in [1.165, 1.54) is 0 Å². The Morgan fingerprint density at radius 1 is 1.24 bits per heavy atom. The summed E-state index contributed by atoms with van der Waals surface area (Å²) in [4.78, 5) is 17.0. The fourth-order valence-electron chi connectivity index (χ4n) is 2.51. The Morgan fingerprint density at radius 3 is 2.68 bits per heavy atom. The molecule has 0 aromatic heterocycles. The lowest BCUT2D eigenvalue weighted by molar-refractivity contribution is -0.136. The third-order valence-corrected chi connectivity index (χ3v) is 4.39. The average Bonchev–Trinajstić information content (AvgIpc) is 2.97. The largest absolute Gasteiger partial charge is 0.492 e. The summed E-state index contributed by atoms with van der Waals surface area (Å²) in [6.07, 6.45) is 1.76. The number of carbonyl (C=O) groups excluding carboxylic acids is 1. The van der Waals surface area contributed by atoms with E-state index in [0.717, 1.165) is 14.7 Å². The molecule has 1 aliphatic rings. The Labute approximate surface area is 159 Å². The van der Waals surface area contributed by atoms with E-state index in [9.17, 15) is 4.79 Å². The van der Waals surface area contributed by atoms with Crippen LogP contribution in [0.15, 0.2) is 53.2 Å². The number of nitrogens with zero attached hydrogens (tertiary/aromatic N) is 1. The molecule has 0 atom stereocenters. The molecule has 25 heavy (non-hydrogen) atoms. The SMILES string of the molecule is CCOc1cc(/C=C2\C(=O)ON=C2c2ccccc2)cc(I)c1OC. The third-order valence-electron chi connectivity index (χ3n) is 3.59. The minimum absolute atomic E-state index is 0.412. The number of benzene rings is 2. The van der Waals surface area contributed by atoms with E-state index in [4.69, 9.17) is 14.3 Å². The number of carbonyl (C=O) groups is 1. The van der Waals surface area contributed by atoms with Crippen LogP contribution in [0, 0.1) is 3.57 Å². The molecule has 0 unspecified atom stereocenters. The topological polar surface area (TPSA) is 57.1 Å². The Balaban J connectivity index is 2.04. The van der Waals surface area contributed by atoms with Crippen LogP contribution in [0.2, 0.25) is 0 Å². The monoisotopic (exact) mass is 449 g/mol. The zero-order chi connectivity index (χ0) is 17.8. The highest BCUT2D eigenvalue weighted by molar-refractivity contribution is 14.1. The fraction of sp³-hybridized carbons (Fsp3) is 0.158. The van der Waals surface area contributed by atoms with Crippen LogP contribution < -0.4 is 9.47 Å². The number of halogens is 1. The van der Waals surface area contributed by atoms with Crippen LogP contribution in [0.4, 0.5) is 0 Å². The van der Waals surface area contributed by atoms with E-state index >= 15 is 0 Å². The van der Waals surface area contributed by atoms with Crippen LogP contribution >= 0.6 is 22.6 Å². The van der Waals surface area contributed by atoms with Crippen LogP contribution in [0.3, 0.4) is 0 Å². The van der Waals surface area contributed by atoms with Gasteiger partial charge in [-0.15, -0.1) is 0 Å². The lowest BCUT2D eigenvalue weighted by Crippen LogP contribution is -2.07. The van der Waals surface area contributed by atoms with Gasteiger partial charge >= 0.3 is 5.97 Å². The van der Waals surface area contributed by atoms with Gasteiger partial charge in [0.1, 0.15) is 5.71 Å². The maximum absolute atomic E-state index is 12.1. The van der Waals surface area contributed by atoms with Crippen molar-refractivity contribution < 1.29 is 19.1 Å². The summed E-state index contributed by atoms with van der Waals surface area (Å²) in [5.41, 5.74) is 2.57. The predicted octanol–water partition coefficient (Wildman–Crippen LogP) is 4.04. The van der Waals surface area contributed by atoms with Crippen LogP contribution in [-0.2, 0) is 9.63 Å². The highest BCUT2D eigenvalue weighted by Gasteiger charge is 2.27. The summed E-state index contributed by atoms with van der Waals surface area (Å²) in [5, 5.41) is 3.92. The minimum atomic E-state index is -0.470. The number of ether oxygens (including phenoxy) is 2. The highest BCUT2D eigenvalue weighted by Crippen LogP contribution is 2.35. The van der Waals surface area contributed by atoms with Gasteiger partial charge in [0.15, 0.2) is 11.5 Å². The Hall–Kier alpha value is -2.35. The van der Waals surface area contributed by atoms with Crippen molar-refractivity contribution in [2.45, 2.75) is 6.92 Å². The average molecular weight is 449 g/mol. The molecular formula is C19H16INO4. The molecule has 5 nitrogen and oxygen atoms in total. The zero-order valence-corrected chi connectivity index (χ0v) is 15.9. The second-order valence-electron chi connectivity index (χ2n) is 5.21. The number of rotatable bonds is 5. The van der Waals surface area contributed by atoms with E-state index in [2.05, 4.69) is 27.7 Å². The van der Waals surface area contributed by atoms with Crippen molar-refractivity contribution in [3.05, 3.63) is 62.7 Å². The highest BCUT2D eigenvalue weighted by atomic mass is 127. The molecule has 0 spiro atoms. The smallest absolute Gasteiger partial charge is 0.368 e. The first-order valence-corrected chi connectivity index (χ1v) is 8.79. The van der Waals surface area contributed by atoms with Gasteiger partial charge in [-0.3, -0.25) is 0 Å². The van der Waals surface area contributed by atoms with E-state index < -0.39 is 5.97 Å². The summed E-state index contributed by atoms with van der Waals surface area (Å²) < 4.78 is 11.9. The van der Waals surface area contributed by atoms with E-state index in [1.807, 2.05) is 49.4 Å². The van der Waals surface area contributed by atoms with Crippen LogP contribution in [0.25, 0.3) is 6.08 Å². The van der Waals surface area contributed by atoms with Gasteiger partial charge in [0.25, 0.3) is 0 Å². The van der Waals surface area contributed by atoms with Crippen molar-refractivity contribution in [1.29, 1.82) is 0 Å². The van der Waals surface area contributed by atoms with Crippen molar-refractivity contribution in [3.8, 4) is 11.5 Å². The maximum atomic E-state index is 12.1. The van der Waals surface area contributed by atoms with Crippen molar-refractivity contribution in [2.75, 3.05) is 13.7 Å².